The number of unbranched alkanes of at least 4 members (excludes halogenated alkanes) is 1. The van der Waals surface area contributed by atoms with E-state index in [9.17, 15) is 0 Å². The van der Waals surface area contributed by atoms with E-state index in [1.165, 1.54) is 44.9 Å². The van der Waals surface area contributed by atoms with E-state index < -0.39 is 0 Å². The molecule has 0 aromatic heterocycles. The summed E-state index contributed by atoms with van der Waals surface area (Å²) in [6.45, 7) is 7.04. The third-order valence-electron chi connectivity index (χ3n) is 3.86. The van der Waals surface area contributed by atoms with Gasteiger partial charge < -0.3 is 10.6 Å². The lowest BCUT2D eigenvalue weighted by molar-refractivity contribution is 0.454. The van der Waals surface area contributed by atoms with Gasteiger partial charge in [0.15, 0.2) is 5.96 Å². The van der Waals surface area contributed by atoms with Crippen molar-refractivity contribution in [3.05, 3.63) is 0 Å². The van der Waals surface area contributed by atoms with E-state index in [2.05, 4.69) is 23.7 Å². The largest absolute Gasteiger partial charge is 0.370 e. The van der Waals surface area contributed by atoms with Gasteiger partial charge in [-0.05, 0) is 26.2 Å². The molecule has 100 valence electrons. The molecule has 0 aliphatic heterocycles. The SMILES string of the molecule is CCN(CC)C(N)=NCCCCC1CCCC1. The van der Waals surface area contributed by atoms with Gasteiger partial charge in [0, 0.05) is 19.6 Å². The molecule has 0 unspecified atom stereocenters. The van der Waals surface area contributed by atoms with Crippen molar-refractivity contribution in [1.29, 1.82) is 0 Å². The van der Waals surface area contributed by atoms with Crippen molar-refractivity contribution in [2.24, 2.45) is 16.6 Å². The summed E-state index contributed by atoms with van der Waals surface area (Å²) < 4.78 is 0. The number of aliphatic imine (C=N–C) groups is 1. The Labute approximate surface area is 106 Å². The van der Waals surface area contributed by atoms with Crippen molar-refractivity contribution in [2.45, 2.75) is 58.8 Å². The van der Waals surface area contributed by atoms with Crippen LogP contribution in [0.4, 0.5) is 0 Å². The van der Waals surface area contributed by atoms with E-state index in [0.29, 0.717) is 0 Å². The van der Waals surface area contributed by atoms with Crippen LogP contribution in [0, 0.1) is 5.92 Å². The Bertz CT molecular complexity index is 216. The highest BCUT2D eigenvalue weighted by Gasteiger charge is 2.13. The van der Waals surface area contributed by atoms with Crippen LogP contribution in [0.3, 0.4) is 0 Å². The highest BCUT2D eigenvalue weighted by atomic mass is 15.2. The van der Waals surface area contributed by atoms with E-state index in [0.717, 1.165) is 31.5 Å². The van der Waals surface area contributed by atoms with Gasteiger partial charge in [0.2, 0.25) is 0 Å². The predicted octanol–water partition coefficient (Wildman–Crippen LogP) is 3.00. The first-order valence-electron chi connectivity index (χ1n) is 7.32. The van der Waals surface area contributed by atoms with Crippen LogP contribution in [-0.4, -0.2) is 30.5 Å². The maximum absolute atomic E-state index is 5.92. The van der Waals surface area contributed by atoms with Gasteiger partial charge in [0.05, 0.1) is 0 Å². The Hall–Kier alpha value is -0.730. The molecular weight excluding hydrogens is 210 g/mol. The molecule has 0 amide bonds. The Kier molecular flexibility index (Phi) is 7.06. The molecule has 0 heterocycles. The Balaban J connectivity index is 2.07. The Morgan fingerprint density at radius 3 is 2.41 bits per heavy atom. The fourth-order valence-electron chi connectivity index (χ4n) is 2.69. The molecule has 0 bridgehead atoms. The van der Waals surface area contributed by atoms with Crippen molar-refractivity contribution in [3.63, 3.8) is 0 Å². The van der Waals surface area contributed by atoms with Crippen LogP contribution in [0.1, 0.15) is 58.8 Å². The third-order valence-corrected chi connectivity index (χ3v) is 3.86. The minimum Gasteiger partial charge on any atom is -0.370 e. The van der Waals surface area contributed by atoms with Gasteiger partial charge in [0.25, 0.3) is 0 Å². The highest BCUT2D eigenvalue weighted by molar-refractivity contribution is 5.77. The number of nitrogens with zero attached hydrogens (tertiary/aromatic N) is 2. The van der Waals surface area contributed by atoms with Crippen LogP contribution in [0.5, 0.6) is 0 Å². The second-order valence-corrected chi connectivity index (χ2v) is 5.06. The van der Waals surface area contributed by atoms with Crippen LogP contribution in [0.25, 0.3) is 0 Å². The topological polar surface area (TPSA) is 41.6 Å². The highest BCUT2D eigenvalue weighted by Crippen LogP contribution is 2.28. The second-order valence-electron chi connectivity index (χ2n) is 5.06. The molecule has 3 heteroatoms. The standard InChI is InChI=1S/C14H29N3/c1-3-17(4-2)14(15)16-12-8-7-11-13-9-5-6-10-13/h13H,3-12H2,1-2H3,(H2,15,16). The zero-order chi connectivity index (χ0) is 12.5. The lowest BCUT2D eigenvalue weighted by atomic mass is 10.0. The molecule has 1 aliphatic rings. The number of hydrogen-bond acceptors (Lipinski definition) is 1. The first-order chi connectivity index (χ1) is 8.27. The molecule has 1 rings (SSSR count). The summed E-state index contributed by atoms with van der Waals surface area (Å²) >= 11 is 0. The molecule has 2 N–H and O–H groups in total. The second kappa shape index (κ2) is 8.37. The fourth-order valence-corrected chi connectivity index (χ4v) is 2.69. The fraction of sp³-hybridized carbons (Fsp3) is 0.929. The van der Waals surface area contributed by atoms with Crippen LogP contribution >= 0.6 is 0 Å². The van der Waals surface area contributed by atoms with Crippen molar-refractivity contribution < 1.29 is 0 Å². The van der Waals surface area contributed by atoms with Gasteiger partial charge in [0.1, 0.15) is 0 Å². The Morgan fingerprint density at radius 1 is 1.18 bits per heavy atom. The molecule has 1 fully saturated rings. The number of guanidine groups is 1. The van der Waals surface area contributed by atoms with Gasteiger partial charge in [-0.1, -0.05) is 38.5 Å². The lowest BCUT2D eigenvalue weighted by Gasteiger charge is -2.19. The molecule has 0 aromatic carbocycles. The summed E-state index contributed by atoms with van der Waals surface area (Å²) in [5.74, 6) is 1.73. The maximum Gasteiger partial charge on any atom is 0.191 e. The van der Waals surface area contributed by atoms with Gasteiger partial charge in [-0.3, -0.25) is 4.99 Å². The van der Waals surface area contributed by atoms with E-state index in [1.54, 1.807) is 0 Å². The smallest absolute Gasteiger partial charge is 0.191 e. The van der Waals surface area contributed by atoms with E-state index in [1.807, 2.05) is 0 Å². The lowest BCUT2D eigenvalue weighted by Crippen LogP contribution is -2.37. The van der Waals surface area contributed by atoms with E-state index >= 15 is 0 Å². The van der Waals surface area contributed by atoms with E-state index in [-0.39, 0.29) is 0 Å². The average Bonchev–Trinajstić information content (AvgIpc) is 2.83. The minimum atomic E-state index is 0.718. The number of hydrogen-bond donors (Lipinski definition) is 1. The normalized spacial score (nSPS) is 17.6. The predicted molar refractivity (Wildman–Crippen MR) is 75.2 cm³/mol. The molecule has 0 saturated heterocycles. The van der Waals surface area contributed by atoms with Crippen molar-refractivity contribution in [1.82, 2.24) is 4.90 Å². The van der Waals surface area contributed by atoms with Crippen LogP contribution in [0.2, 0.25) is 0 Å². The molecule has 1 aliphatic carbocycles. The molecule has 17 heavy (non-hydrogen) atoms. The van der Waals surface area contributed by atoms with Crippen molar-refractivity contribution in [2.75, 3.05) is 19.6 Å². The van der Waals surface area contributed by atoms with Crippen LogP contribution in [-0.2, 0) is 0 Å². The first kappa shape index (κ1) is 14.3. The van der Waals surface area contributed by atoms with Gasteiger partial charge in [-0.2, -0.15) is 0 Å². The summed E-state index contributed by atoms with van der Waals surface area (Å²) in [6, 6.07) is 0. The Morgan fingerprint density at radius 2 is 1.82 bits per heavy atom. The summed E-state index contributed by atoms with van der Waals surface area (Å²) in [4.78, 5) is 6.56. The monoisotopic (exact) mass is 239 g/mol. The van der Waals surface area contributed by atoms with Gasteiger partial charge in [-0.25, -0.2) is 0 Å². The zero-order valence-electron chi connectivity index (χ0n) is 11.6. The van der Waals surface area contributed by atoms with Crippen LogP contribution < -0.4 is 5.73 Å². The molecular formula is C14H29N3. The van der Waals surface area contributed by atoms with Crippen LogP contribution in [0.15, 0.2) is 4.99 Å². The first-order valence-corrected chi connectivity index (χ1v) is 7.32. The van der Waals surface area contributed by atoms with Gasteiger partial charge >= 0.3 is 0 Å². The molecule has 0 radical (unpaired) electrons. The molecule has 0 atom stereocenters. The molecule has 3 nitrogen and oxygen atoms in total. The summed E-state index contributed by atoms with van der Waals surface area (Å²) in [5, 5.41) is 0. The quantitative estimate of drug-likeness (QED) is 0.421. The van der Waals surface area contributed by atoms with E-state index in [4.69, 9.17) is 5.73 Å². The molecule has 0 aromatic rings. The minimum absolute atomic E-state index is 0.718. The maximum atomic E-state index is 5.92. The van der Waals surface area contributed by atoms with Crippen molar-refractivity contribution >= 4 is 5.96 Å². The number of rotatable bonds is 7. The molecule has 1 saturated carbocycles. The third kappa shape index (κ3) is 5.42. The molecule has 0 spiro atoms. The van der Waals surface area contributed by atoms with Gasteiger partial charge in [-0.15, -0.1) is 0 Å². The summed E-state index contributed by atoms with van der Waals surface area (Å²) in [7, 11) is 0. The zero-order valence-corrected chi connectivity index (χ0v) is 11.6. The van der Waals surface area contributed by atoms with Crippen molar-refractivity contribution in [3.8, 4) is 0 Å². The average molecular weight is 239 g/mol. The summed E-state index contributed by atoms with van der Waals surface area (Å²) in [6.07, 6.45) is 9.75. The number of nitrogens with two attached hydrogens (primary N) is 1. The summed E-state index contributed by atoms with van der Waals surface area (Å²) in [5.41, 5.74) is 5.92.